The average molecular weight is 609 g/mol. The van der Waals surface area contributed by atoms with Gasteiger partial charge in [0.15, 0.2) is 0 Å². The topological polar surface area (TPSA) is 71.7 Å². The fourth-order valence-electron chi connectivity index (χ4n) is 5.85. The van der Waals surface area contributed by atoms with Crippen LogP contribution in [0.3, 0.4) is 0 Å². The molecular formula is C37H64N6O. The van der Waals surface area contributed by atoms with E-state index in [1.54, 1.807) is 0 Å². The van der Waals surface area contributed by atoms with Gasteiger partial charge < -0.3 is 10.2 Å². The van der Waals surface area contributed by atoms with Crippen molar-refractivity contribution < 1.29 is 4.79 Å². The molecule has 7 nitrogen and oxygen atoms in total. The molecule has 2 aromatic rings. The van der Waals surface area contributed by atoms with Gasteiger partial charge in [0.1, 0.15) is 5.66 Å². The predicted octanol–water partition coefficient (Wildman–Crippen LogP) is 7.47. The van der Waals surface area contributed by atoms with Gasteiger partial charge in [0.2, 0.25) is 5.79 Å². The maximum Gasteiger partial charge on any atom is 0.280 e. The van der Waals surface area contributed by atoms with Crippen LogP contribution in [0.4, 0.5) is 5.69 Å². The molecule has 0 spiro atoms. The molecule has 2 unspecified atom stereocenters. The van der Waals surface area contributed by atoms with Crippen LogP contribution in [0, 0.1) is 5.92 Å². The molecule has 2 aromatic carbocycles. The van der Waals surface area contributed by atoms with Crippen LogP contribution in [0.25, 0.3) is 0 Å². The number of amides is 1. The highest BCUT2D eigenvalue weighted by atomic mass is 16.2. The number of benzene rings is 2. The summed E-state index contributed by atoms with van der Waals surface area (Å²) in [6.45, 7) is 18.3. The summed E-state index contributed by atoms with van der Waals surface area (Å²) in [6.07, 6.45) is 9.38. The smallest absolute Gasteiger partial charge is 0.280 e. The second-order valence-electron chi connectivity index (χ2n) is 12.5. The lowest BCUT2D eigenvalue weighted by Crippen LogP contribution is -2.81. The van der Waals surface area contributed by atoms with Gasteiger partial charge in [-0.15, -0.1) is 0 Å². The summed E-state index contributed by atoms with van der Waals surface area (Å²) in [5.74, 6) is -0.879. The second kappa shape index (κ2) is 19.8. The number of likely N-dealkylation sites (N-methyl/N-ethyl adjacent to an activating group) is 1. The fraction of sp³-hybridized carbons (Fsp3) is 0.649. The van der Waals surface area contributed by atoms with Crippen LogP contribution >= 0.6 is 0 Å². The van der Waals surface area contributed by atoms with E-state index < -0.39 is 11.4 Å². The summed E-state index contributed by atoms with van der Waals surface area (Å²) in [7, 11) is 1.91. The Kier molecular flexibility index (Phi) is 17.0. The molecule has 4 N–H and O–H groups in total. The van der Waals surface area contributed by atoms with Gasteiger partial charge in [0, 0.05) is 25.8 Å². The summed E-state index contributed by atoms with van der Waals surface area (Å²) >= 11 is 0. The molecule has 0 radical (unpaired) electrons. The van der Waals surface area contributed by atoms with Crippen LogP contribution in [-0.4, -0.2) is 54.8 Å². The lowest BCUT2D eigenvalue weighted by Gasteiger charge is -2.55. The van der Waals surface area contributed by atoms with Crippen LogP contribution in [0.15, 0.2) is 54.6 Å². The molecule has 1 amide bonds. The summed E-state index contributed by atoms with van der Waals surface area (Å²) in [5.41, 5.74) is 6.56. The zero-order chi connectivity index (χ0) is 32.4. The number of para-hydroxylation sites is 1. The SMILES string of the molecule is CCCCCCNC(Nc1ccccc1)(C(=O)N(C)CC)N(NCCCCC)C(CC)(NCC(C)C)c1ccccc1CC. The minimum Gasteiger partial charge on any atom is -0.346 e. The van der Waals surface area contributed by atoms with Crippen LogP contribution < -0.4 is 21.4 Å². The van der Waals surface area contributed by atoms with Crippen molar-refractivity contribution in [3.8, 4) is 0 Å². The number of nitrogens with zero attached hydrogens (tertiary/aromatic N) is 2. The minimum absolute atomic E-state index is 0.0134. The highest BCUT2D eigenvalue weighted by Gasteiger charge is 2.55. The molecule has 0 aromatic heterocycles. The fourth-order valence-corrected chi connectivity index (χ4v) is 5.85. The Morgan fingerprint density at radius 2 is 1.43 bits per heavy atom. The highest BCUT2D eigenvalue weighted by Crippen LogP contribution is 2.37. The summed E-state index contributed by atoms with van der Waals surface area (Å²) in [6, 6.07) is 18.9. The van der Waals surface area contributed by atoms with E-state index in [4.69, 9.17) is 0 Å². The largest absolute Gasteiger partial charge is 0.346 e. The molecule has 2 atom stereocenters. The molecule has 0 bridgehead atoms. The van der Waals surface area contributed by atoms with Crippen LogP contribution in [0.1, 0.15) is 111 Å². The van der Waals surface area contributed by atoms with Gasteiger partial charge in [0.05, 0.1) is 0 Å². The molecule has 7 heteroatoms. The molecule has 2 rings (SSSR count). The minimum atomic E-state index is -1.29. The predicted molar refractivity (Wildman–Crippen MR) is 188 cm³/mol. The molecule has 248 valence electrons. The average Bonchev–Trinajstić information content (AvgIpc) is 3.05. The Morgan fingerprint density at radius 3 is 2.05 bits per heavy atom. The molecule has 0 aliphatic heterocycles. The summed E-state index contributed by atoms with van der Waals surface area (Å²) in [4.78, 5) is 16.9. The number of rotatable bonds is 23. The number of hydrogen-bond acceptors (Lipinski definition) is 6. The first-order chi connectivity index (χ1) is 21.3. The molecule has 0 saturated carbocycles. The number of anilines is 1. The molecule has 0 aliphatic carbocycles. The Labute approximate surface area is 269 Å². The number of hydrogen-bond donors (Lipinski definition) is 4. The Morgan fingerprint density at radius 1 is 0.795 bits per heavy atom. The van der Waals surface area contributed by atoms with Gasteiger partial charge in [-0.3, -0.25) is 15.4 Å². The van der Waals surface area contributed by atoms with Crippen LogP contribution in [0.2, 0.25) is 0 Å². The van der Waals surface area contributed by atoms with Crippen molar-refractivity contribution in [2.75, 3.05) is 38.5 Å². The number of nitrogens with one attached hydrogen (secondary N) is 4. The number of unbranched alkanes of at least 4 members (excludes halogenated alkanes) is 5. The van der Waals surface area contributed by atoms with Gasteiger partial charge in [0.25, 0.3) is 5.91 Å². The van der Waals surface area contributed by atoms with Gasteiger partial charge >= 0.3 is 0 Å². The monoisotopic (exact) mass is 609 g/mol. The molecule has 0 aliphatic rings. The summed E-state index contributed by atoms with van der Waals surface area (Å²) < 4.78 is 0. The number of aryl methyl sites for hydroxylation is 1. The van der Waals surface area contributed by atoms with Crippen molar-refractivity contribution >= 4 is 11.6 Å². The summed E-state index contributed by atoms with van der Waals surface area (Å²) in [5, 5.41) is 13.9. The van der Waals surface area contributed by atoms with Gasteiger partial charge in [-0.25, -0.2) is 5.43 Å². The third-order valence-corrected chi connectivity index (χ3v) is 8.57. The maximum absolute atomic E-state index is 15.0. The Bertz CT molecular complexity index is 1060. The quantitative estimate of drug-likeness (QED) is 0.0596. The van der Waals surface area contributed by atoms with Crippen molar-refractivity contribution in [1.29, 1.82) is 0 Å². The lowest BCUT2D eigenvalue weighted by molar-refractivity contribution is -0.161. The zero-order valence-electron chi connectivity index (χ0n) is 29.3. The maximum atomic E-state index is 15.0. The van der Waals surface area contributed by atoms with E-state index in [0.29, 0.717) is 19.0 Å². The zero-order valence-corrected chi connectivity index (χ0v) is 29.3. The van der Waals surface area contributed by atoms with E-state index in [1.807, 2.05) is 37.1 Å². The number of carbonyl (C=O) groups is 1. The van der Waals surface area contributed by atoms with Gasteiger partial charge in [-0.2, -0.15) is 5.01 Å². The first-order valence-electron chi connectivity index (χ1n) is 17.5. The highest BCUT2D eigenvalue weighted by molar-refractivity contribution is 5.88. The van der Waals surface area contributed by atoms with Crippen molar-refractivity contribution in [2.45, 2.75) is 118 Å². The lowest BCUT2D eigenvalue weighted by atomic mass is 9.88. The van der Waals surface area contributed by atoms with Crippen molar-refractivity contribution in [1.82, 2.24) is 26.0 Å². The normalized spacial score (nSPS) is 14.4. The van der Waals surface area contributed by atoms with E-state index in [1.165, 1.54) is 24.0 Å². The van der Waals surface area contributed by atoms with E-state index in [0.717, 1.165) is 63.7 Å². The third-order valence-electron chi connectivity index (χ3n) is 8.57. The van der Waals surface area contributed by atoms with E-state index in [2.05, 4.69) is 104 Å². The molecule has 0 saturated heterocycles. The third kappa shape index (κ3) is 10.0. The van der Waals surface area contributed by atoms with Crippen molar-refractivity contribution in [3.63, 3.8) is 0 Å². The van der Waals surface area contributed by atoms with E-state index in [-0.39, 0.29) is 5.91 Å². The molecular weight excluding hydrogens is 544 g/mol. The van der Waals surface area contributed by atoms with E-state index >= 15 is 4.79 Å². The van der Waals surface area contributed by atoms with Crippen LogP contribution in [-0.2, 0) is 16.9 Å². The first-order valence-corrected chi connectivity index (χ1v) is 17.5. The number of carbonyl (C=O) groups excluding carboxylic acids is 1. The van der Waals surface area contributed by atoms with E-state index in [9.17, 15) is 0 Å². The van der Waals surface area contributed by atoms with Crippen LogP contribution in [0.5, 0.6) is 0 Å². The number of hydrazine groups is 1. The van der Waals surface area contributed by atoms with Crippen molar-refractivity contribution in [3.05, 3.63) is 65.7 Å². The van der Waals surface area contributed by atoms with Gasteiger partial charge in [-0.05, 0) is 74.9 Å². The Hall–Kier alpha value is -2.45. The molecule has 44 heavy (non-hydrogen) atoms. The molecule has 0 heterocycles. The Balaban J connectivity index is 2.95. The second-order valence-corrected chi connectivity index (χ2v) is 12.5. The molecule has 0 fully saturated rings. The first kappa shape index (κ1) is 37.7. The van der Waals surface area contributed by atoms with Crippen molar-refractivity contribution in [2.24, 2.45) is 5.92 Å². The van der Waals surface area contributed by atoms with Gasteiger partial charge in [-0.1, -0.05) is 116 Å². The standard InChI is InChI=1S/C37H64N6O/c1-9-14-16-23-28-38-37(35(44)42(8)13-5,41-33-25-18-17-19-26-33)43(40-29-22-15-10-2)36(12-4,39-30-31(6)7)34-27-21-20-24-32(34)11-3/h17-21,24-27,31,38-41H,9-16,22-23,28-30H2,1-8H3.